The van der Waals surface area contributed by atoms with E-state index in [1.807, 2.05) is 0 Å². The molecule has 2 rings (SSSR count). The van der Waals surface area contributed by atoms with E-state index in [4.69, 9.17) is 0 Å². The summed E-state index contributed by atoms with van der Waals surface area (Å²) in [4.78, 5) is 13.0. The van der Waals surface area contributed by atoms with Crippen molar-refractivity contribution in [1.82, 2.24) is 9.62 Å². The largest absolute Gasteiger partial charge is 0.340 e. The van der Waals surface area contributed by atoms with E-state index in [9.17, 15) is 26.0 Å². The van der Waals surface area contributed by atoms with Crippen LogP contribution < -0.4 is 4.72 Å². The second kappa shape index (κ2) is 6.54. The van der Waals surface area contributed by atoms with Gasteiger partial charge in [-0.1, -0.05) is 6.07 Å². The molecule has 0 aromatic heterocycles. The lowest BCUT2D eigenvalue weighted by Gasteiger charge is -2.16. The number of carbonyl (C=O) groups excluding carboxylic acids is 1. The fourth-order valence-electron chi connectivity index (χ4n) is 2.29. The summed E-state index contributed by atoms with van der Waals surface area (Å²) >= 11 is 0. The normalized spacial score (nSPS) is 19.0. The van der Waals surface area contributed by atoms with Crippen molar-refractivity contribution < 1.29 is 26.0 Å². The molecule has 7 nitrogen and oxygen atoms in total. The second-order valence-corrected chi connectivity index (χ2v) is 9.45. The first kappa shape index (κ1) is 17.8. The highest BCUT2D eigenvalue weighted by Crippen LogP contribution is 2.16. The van der Waals surface area contributed by atoms with Crippen LogP contribution in [0.2, 0.25) is 0 Å². The Morgan fingerprint density at radius 3 is 2.61 bits per heavy atom. The Morgan fingerprint density at radius 2 is 2.04 bits per heavy atom. The summed E-state index contributed by atoms with van der Waals surface area (Å²) in [6, 6.07) is 4.43. The fraction of sp³-hybridized carbons (Fsp3) is 0.462. The van der Waals surface area contributed by atoms with Gasteiger partial charge in [-0.3, -0.25) is 4.79 Å². The van der Waals surface area contributed by atoms with Crippen LogP contribution in [0, 0.1) is 5.82 Å². The predicted octanol–water partition coefficient (Wildman–Crippen LogP) is -0.250. The molecule has 0 aliphatic carbocycles. The Morgan fingerprint density at radius 1 is 1.35 bits per heavy atom. The highest BCUT2D eigenvalue weighted by Gasteiger charge is 2.32. The van der Waals surface area contributed by atoms with Crippen LogP contribution in [0.15, 0.2) is 29.2 Å². The Bertz CT molecular complexity index is 807. The molecule has 23 heavy (non-hydrogen) atoms. The smallest absolute Gasteiger partial charge is 0.241 e. The van der Waals surface area contributed by atoms with Gasteiger partial charge in [0, 0.05) is 19.3 Å². The summed E-state index contributed by atoms with van der Waals surface area (Å²) in [6.07, 6.45) is 1.44. The number of sulfone groups is 1. The number of hydrogen-bond acceptors (Lipinski definition) is 5. The highest BCUT2D eigenvalue weighted by atomic mass is 32.2. The summed E-state index contributed by atoms with van der Waals surface area (Å²) in [5.74, 6) is -1.22. The number of amides is 1. The van der Waals surface area contributed by atoms with Crippen LogP contribution in [0.4, 0.5) is 4.39 Å². The standard InChI is InChI=1S/C13H17FN2O5S2/c1-22(18,19)12-5-6-16(9-12)13(17)8-15-23(20,21)11-4-2-3-10(14)7-11/h2-4,7,12,15H,5-6,8-9H2,1H3. The Kier molecular flexibility index (Phi) is 5.07. The molecule has 128 valence electrons. The third kappa shape index (κ3) is 4.49. The lowest BCUT2D eigenvalue weighted by Crippen LogP contribution is -2.39. The first-order valence-corrected chi connectivity index (χ1v) is 10.3. The third-order valence-electron chi connectivity index (χ3n) is 3.62. The van der Waals surface area contributed by atoms with E-state index in [0.717, 1.165) is 18.4 Å². The van der Waals surface area contributed by atoms with Crippen molar-refractivity contribution in [3.05, 3.63) is 30.1 Å². The molecule has 0 saturated carbocycles. The lowest BCUT2D eigenvalue weighted by atomic mass is 10.4. The van der Waals surface area contributed by atoms with Crippen molar-refractivity contribution >= 4 is 25.8 Å². The van der Waals surface area contributed by atoms with Crippen LogP contribution >= 0.6 is 0 Å². The minimum Gasteiger partial charge on any atom is -0.340 e. The van der Waals surface area contributed by atoms with Gasteiger partial charge in [-0.2, -0.15) is 0 Å². The second-order valence-electron chi connectivity index (χ2n) is 5.36. The number of nitrogens with one attached hydrogen (secondary N) is 1. The molecule has 1 atom stereocenters. The van der Waals surface area contributed by atoms with Crippen molar-refractivity contribution in [2.24, 2.45) is 0 Å². The monoisotopic (exact) mass is 364 g/mol. The van der Waals surface area contributed by atoms with E-state index in [1.165, 1.54) is 17.0 Å². The molecule has 1 aromatic rings. The van der Waals surface area contributed by atoms with E-state index < -0.39 is 43.4 Å². The van der Waals surface area contributed by atoms with Gasteiger partial charge in [-0.15, -0.1) is 0 Å². The molecule has 1 fully saturated rings. The number of benzene rings is 1. The molecule has 0 spiro atoms. The van der Waals surface area contributed by atoms with Gasteiger partial charge in [-0.05, 0) is 24.6 Å². The van der Waals surface area contributed by atoms with Gasteiger partial charge in [0.05, 0.1) is 16.7 Å². The summed E-state index contributed by atoms with van der Waals surface area (Å²) in [5.41, 5.74) is 0. The summed E-state index contributed by atoms with van der Waals surface area (Å²) in [7, 11) is -7.24. The molecule has 0 bridgehead atoms. The maximum Gasteiger partial charge on any atom is 0.241 e. The van der Waals surface area contributed by atoms with Crippen LogP contribution in [0.5, 0.6) is 0 Å². The predicted molar refractivity (Wildman–Crippen MR) is 81.4 cm³/mol. The quantitative estimate of drug-likeness (QED) is 0.776. The molecule has 10 heteroatoms. The van der Waals surface area contributed by atoms with Crippen LogP contribution in [0.25, 0.3) is 0 Å². The molecule has 1 N–H and O–H groups in total. The molecule has 1 aliphatic rings. The SMILES string of the molecule is CS(=O)(=O)C1CCN(C(=O)CNS(=O)(=O)c2cccc(F)c2)C1. The summed E-state index contributed by atoms with van der Waals surface area (Å²) in [5, 5.41) is -0.619. The van der Waals surface area contributed by atoms with Gasteiger partial charge in [0.15, 0.2) is 9.84 Å². The van der Waals surface area contributed by atoms with Crippen LogP contribution in [-0.2, 0) is 24.7 Å². The molecular formula is C13H17FN2O5S2. The number of nitrogens with zero attached hydrogens (tertiary/aromatic N) is 1. The van der Waals surface area contributed by atoms with E-state index in [1.54, 1.807) is 0 Å². The van der Waals surface area contributed by atoms with E-state index in [-0.39, 0.29) is 18.0 Å². The van der Waals surface area contributed by atoms with Gasteiger partial charge in [0.2, 0.25) is 15.9 Å². The zero-order valence-corrected chi connectivity index (χ0v) is 14.0. The average molecular weight is 364 g/mol. The van der Waals surface area contributed by atoms with Crippen LogP contribution in [-0.4, -0.2) is 58.8 Å². The number of sulfonamides is 1. The fourth-order valence-corrected chi connectivity index (χ4v) is 4.28. The van der Waals surface area contributed by atoms with E-state index in [2.05, 4.69) is 4.72 Å². The summed E-state index contributed by atoms with van der Waals surface area (Å²) in [6.45, 7) is -0.188. The number of hydrogen-bond donors (Lipinski definition) is 1. The molecular weight excluding hydrogens is 347 g/mol. The molecule has 1 saturated heterocycles. The maximum absolute atomic E-state index is 13.1. The maximum atomic E-state index is 13.1. The van der Waals surface area contributed by atoms with Gasteiger partial charge < -0.3 is 4.90 Å². The van der Waals surface area contributed by atoms with Gasteiger partial charge in [0.25, 0.3) is 0 Å². The van der Waals surface area contributed by atoms with Crippen LogP contribution in [0.3, 0.4) is 0 Å². The molecule has 1 heterocycles. The first-order chi connectivity index (χ1) is 10.6. The van der Waals surface area contributed by atoms with Crippen LogP contribution in [0.1, 0.15) is 6.42 Å². The Labute approximate surface area is 134 Å². The van der Waals surface area contributed by atoms with Gasteiger partial charge in [-0.25, -0.2) is 25.9 Å². The van der Waals surface area contributed by atoms with Crippen molar-refractivity contribution in [3.8, 4) is 0 Å². The average Bonchev–Trinajstić information content (AvgIpc) is 2.95. The molecule has 1 aromatic carbocycles. The van der Waals surface area contributed by atoms with Gasteiger partial charge >= 0.3 is 0 Å². The number of halogens is 1. The topological polar surface area (TPSA) is 101 Å². The number of carbonyl (C=O) groups is 1. The molecule has 1 aliphatic heterocycles. The van der Waals surface area contributed by atoms with Crippen molar-refractivity contribution in [1.29, 1.82) is 0 Å². The summed E-state index contributed by atoms with van der Waals surface area (Å²) < 4.78 is 62.0. The molecule has 1 amide bonds. The van der Waals surface area contributed by atoms with Gasteiger partial charge in [0.1, 0.15) is 5.82 Å². The van der Waals surface area contributed by atoms with E-state index in [0.29, 0.717) is 6.42 Å². The lowest BCUT2D eigenvalue weighted by molar-refractivity contribution is -0.128. The minimum absolute atomic E-state index is 0.0549. The van der Waals surface area contributed by atoms with Crippen molar-refractivity contribution in [2.45, 2.75) is 16.6 Å². The molecule has 0 radical (unpaired) electrons. The van der Waals surface area contributed by atoms with E-state index >= 15 is 0 Å². The highest BCUT2D eigenvalue weighted by molar-refractivity contribution is 7.91. The van der Waals surface area contributed by atoms with Crippen molar-refractivity contribution in [2.75, 3.05) is 25.9 Å². The van der Waals surface area contributed by atoms with Crippen molar-refractivity contribution in [3.63, 3.8) is 0 Å². The number of likely N-dealkylation sites (tertiary alicyclic amines) is 1. The Hall–Kier alpha value is -1.52. The first-order valence-electron chi connectivity index (χ1n) is 6.81. The minimum atomic E-state index is -4.01. The zero-order chi connectivity index (χ0) is 17.3. The third-order valence-corrected chi connectivity index (χ3v) is 6.62. The zero-order valence-electron chi connectivity index (χ0n) is 12.4. The number of rotatable bonds is 5. The molecule has 1 unspecified atom stereocenters. The Balaban J connectivity index is 1.97.